The maximum atomic E-state index is 13.1. The number of hydrogen-bond acceptors (Lipinski definition) is 6. The molecule has 3 amide bonds. The smallest absolute Gasteiger partial charge is 0.341 e. The van der Waals surface area contributed by atoms with Gasteiger partial charge in [0, 0.05) is 37.4 Å². The van der Waals surface area contributed by atoms with Crippen LogP contribution < -0.4 is 11.2 Å². The van der Waals surface area contributed by atoms with Crippen LogP contribution in [0.1, 0.15) is 79.8 Å². The summed E-state index contributed by atoms with van der Waals surface area (Å²) in [6, 6.07) is 4.42. The van der Waals surface area contributed by atoms with Crippen LogP contribution in [-0.4, -0.2) is 57.5 Å². The number of nitrogens with zero attached hydrogens (tertiary/aromatic N) is 3. The topological polar surface area (TPSA) is 101 Å². The minimum Gasteiger partial charge on any atom is -0.366 e. The lowest BCUT2D eigenvalue weighted by Gasteiger charge is -2.40. The molecule has 8 nitrogen and oxygen atoms in total. The molecular formula is C27H41N5O3S. The van der Waals surface area contributed by atoms with Gasteiger partial charge >= 0.3 is 6.03 Å². The van der Waals surface area contributed by atoms with Crippen LogP contribution in [0.25, 0.3) is 0 Å². The van der Waals surface area contributed by atoms with Gasteiger partial charge in [-0.2, -0.15) is 11.3 Å². The summed E-state index contributed by atoms with van der Waals surface area (Å²) >= 11 is 1.64. The number of carbonyl (C=O) groups excluding carboxylic acids is 2. The third kappa shape index (κ3) is 7.75. The molecule has 1 aliphatic rings. The molecule has 1 fully saturated rings. The van der Waals surface area contributed by atoms with Gasteiger partial charge in [-0.25, -0.2) is 10.3 Å². The molecule has 3 heterocycles. The van der Waals surface area contributed by atoms with Gasteiger partial charge in [0.1, 0.15) is 0 Å². The van der Waals surface area contributed by atoms with Crippen LogP contribution in [0.4, 0.5) is 4.79 Å². The Morgan fingerprint density at radius 3 is 2.56 bits per heavy atom. The Labute approximate surface area is 219 Å². The molecule has 2 aromatic heterocycles. The van der Waals surface area contributed by atoms with E-state index in [1.807, 2.05) is 51.0 Å². The van der Waals surface area contributed by atoms with E-state index in [1.165, 1.54) is 0 Å². The number of likely N-dealkylation sites (tertiary alicyclic amines) is 1. The van der Waals surface area contributed by atoms with Crippen molar-refractivity contribution in [3.8, 4) is 0 Å². The van der Waals surface area contributed by atoms with Crippen molar-refractivity contribution in [3.63, 3.8) is 0 Å². The summed E-state index contributed by atoms with van der Waals surface area (Å²) in [5.41, 5.74) is 12.0. The molecule has 1 saturated heterocycles. The van der Waals surface area contributed by atoms with Crippen LogP contribution in [-0.2, 0) is 17.8 Å². The molecule has 198 valence electrons. The number of aromatic nitrogens is 1. The van der Waals surface area contributed by atoms with Crippen LogP contribution in [0.5, 0.6) is 0 Å². The highest BCUT2D eigenvalue weighted by Crippen LogP contribution is 2.23. The van der Waals surface area contributed by atoms with E-state index in [1.54, 1.807) is 11.3 Å². The lowest BCUT2D eigenvalue weighted by Crippen LogP contribution is -2.52. The molecule has 9 heteroatoms. The van der Waals surface area contributed by atoms with Crippen LogP contribution >= 0.6 is 11.3 Å². The number of urea groups is 1. The highest BCUT2D eigenvalue weighted by atomic mass is 32.1. The van der Waals surface area contributed by atoms with E-state index in [0.717, 1.165) is 55.6 Å². The first kappa shape index (κ1) is 28.1. The highest BCUT2D eigenvalue weighted by Gasteiger charge is 2.30. The average molecular weight is 516 g/mol. The van der Waals surface area contributed by atoms with Crippen molar-refractivity contribution in [3.05, 3.63) is 51.0 Å². The number of nitrogens with one attached hydrogen (secondary N) is 1. The fourth-order valence-electron chi connectivity index (χ4n) is 4.79. The quantitative estimate of drug-likeness (QED) is 0.476. The van der Waals surface area contributed by atoms with Gasteiger partial charge in [-0.1, -0.05) is 0 Å². The molecule has 0 saturated carbocycles. The van der Waals surface area contributed by atoms with Gasteiger partial charge in [0.05, 0.1) is 16.9 Å². The highest BCUT2D eigenvalue weighted by molar-refractivity contribution is 7.07. The lowest BCUT2D eigenvalue weighted by molar-refractivity contribution is -0.0617. The third-order valence-corrected chi connectivity index (χ3v) is 7.45. The molecule has 3 rings (SSSR count). The van der Waals surface area contributed by atoms with Gasteiger partial charge in [-0.3, -0.25) is 14.6 Å². The molecule has 0 unspecified atom stereocenters. The summed E-state index contributed by atoms with van der Waals surface area (Å²) < 4.78 is 0. The number of hydrogen-bond donors (Lipinski definition) is 2. The number of aryl methyl sites for hydroxylation is 3. The Hall–Kier alpha value is -2.49. The van der Waals surface area contributed by atoms with Crippen molar-refractivity contribution in [1.29, 1.82) is 0 Å². The maximum absolute atomic E-state index is 13.1. The second-order valence-corrected chi connectivity index (χ2v) is 11.6. The Bertz CT molecular complexity index is 1000. The first-order chi connectivity index (χ1) is 16.9. The van der Waals surface area contributed by atoms with E-state index >= 15 is 0 Å². The summed E-state index contributed by atoms with van der Waals surface area (Å²) in [5, 5.41) is 4.14. The first-order valence-corrected chi connectivity index (χ1v) is 13.7. The van der Waals surface area contributed by atoms with E-state index in [9.17, 15) is 9.59 Å². The number of amides is 3. The van der Waals surface area contributed by atoms with Crippen molar-refractivity contribution >= 4 is 23.3 Å². The zero-order valence-electron chi connectivity index (χ0n) is 22.5. The summed E-state index contributed by atoms with van der Waals surface area (Å²) in [5.74, 6) is -0.424. The monoisotopic (exact) mass is 515 g/mol. The van der Waals surface area contributed by atoms with E-state index in [4.69, 9.17) is 10.6 Å². The van der Waals surface area contributed by atoms with Crippen molar-refractivity contribution in [2.45, 2.75) is 91.5 Å². The van der Waals surface area contributed by atoms with Gasteiger partial charge in [0.25, 0.3) is 5.91 Å². The SMILES string of the molecule is Cc1cc(CC[C@@H](C)N2CCC(N(Cc3ccsc3)C(=O)NOC(C)(C)C)CC2)nc(C)c1C(N)=O. The van der Waals surface area contributed by atoms with E-state index in [0.29, 0.717) is 23.8 Å². The van der Waals surface area contributed by atoms with Crippen LogP contribution in [0.2, 0.25) is 0 Å². The Morgan fingerprint density at radius 2 is 2.00 bits per heavy atom. The summed E-state index contributed by atoms with van der Waals surface area (Å²) in [7, 11) is 0. The number of pyridine rings is 1. The molecule has 36 heavy (non-hydrogen) atoms. The molecule has 3 N–H and O–H groups in total. The normalized spacial score (nSPS) is 16.1. The van der Waals surface area contributed by atoms with Gasteiger partial charge in [0.15, 0.2) is 0 Å². The second-order valence-electron chi connectivity index (χ2n) is 10.8. The number of piperidine rings is 1. The maximum Gasteiger partial charge on any atom is 0.341 e. The number of hydroxylamine groups is 1. The van der Waals surface area contributed by atoms with Gasteiger partial charge in [-0.05, 0) is 101 Å². The summed E-state index contributed by atoms with van der Waals surface area (Å²) in [6.45, 7) is 14.2. The minimum absolute atomic E-state index is 0.158. The fourth-order valence-corrected chi connectivity index (χ4v) is 5.45. The Kier molecular flexibility index (Phi) is 9.49. The molecule has 1 atom stereocenters. The molecule has 0 aliphatic carbocycles. The molecule has 0 spiro atoms. The summed E-state index contributed by atoms with van der Waals surface area (Å²) in [6.07, 6.45) is 3.66. The van der Waals surface area contributed by atoms with Gasteiger partial charge < -0.3 is 15.5 Å². The predicted molar refractivity (Wildman–Crippen MR) is 144 cm³/mol. The molecule has 2 aromatic rings. The van der Waals surface area contributed by atoms with Crippen molar-refractivity contribution in [1.82, 2.24) is 20.3 Å². The Morgan fingerprint density at radius 1 is 1.31 bits per heavy atom. The Balaban J connectivity index is 1.56. The average Bonchev–Trinajstić information content (AvgIpc) is 3.32. The number of carbonyl (C=O) groups is 2. The van der Waals surface area contributed by atoms with Gasteiger partial charge in [0.2, 0.25) is 0 Å². The van der Waals surface area contributed by atoms with E-state index < -0.39 is 11.5 Å². The standard InChI is InChI=1S/C27H41N5O3S/c1-18-15-22(29-20(3)24(18)25(28)33)8-7-19(2)31-12-9-23(10-13-31)32(16-21-11-14-36-17-21)26(34)30-35-27(4,5)6/h11,14-15,17,19,23H,7-10,12-13,16H2,1-6H3,(H2,28,33)(H,30,34)/t19-/m1/s1. The molecular weight excluding hydrogens is 474 g/mol. The predicted octanol–water partition coefficient (Wildman–Crippen LogP) is 4.59. The fraction of sp³-hybridized carbons (Fsp3) is 0.593. The third-order valence-electron chi connectivity index (χ3n) is 6.72. The number of rotatable bonds is 9. The second kappa shape index (κ2) is 12.2. The van der Waals surface area contributed by atoms with Crippen molar-refractivity contribution in [2.75, 3.05) is 13.1 Å². The van der Waals surface area contributed by atoms with E-state index in [2.05, 4.69) is 33.7 Å². The zero-order chi connectivity index (χ0) is 26.5. The van der Waals surface area contributed by atoms with Crippen LogP contribution in [0, 0.1) is 13.8 Å². The number of nitrogens with two attached hydrogens (primary N) is 1. The largest absolute Gasteiger partial charge is 0.366 e. The zero-order valence-corrected chi connectivity index (χ0v) is 23.3. The minimum atomic E-state index is -0.450. The van der Waals surface area contributed by atoms with Crippen LogP contribution in [0.3, 0.4) is 0 Å². The molecule has 0 aromatic carbocycles. The summed E-state index contributed by atoms with van der Waals surface area (Å²) in [4.78, 5) is 39.3. The number of thiophene rings is 1. The molecule has 0 bridgehead atoms. The van der Waals surface area contributed by atoms with E-state index in [-0.39, 0.29) is 12.1 Å². The van der Waals surface area contributed by atoms with Gasteiger partial charge in [-0.15, -0.1) is 0 Å². The molecule has 1 aliphatic heterocycles. The van der Waals surface area contributed by atoms with Crippen molar-refractivity contribution < 1.29 is 14.4 Å². The van der Waals surface area contributed by atoms with Crippen molar-refractivity contribution in [2.24, 2.45) is 5.73 Å². The number of primary amides is 1. The lowest BCUT2D eigenvalue weighted by atomic mass is 9.99. The molecule has 0 radical (unpaired) electrons. The van der Waals surface area contributed by atoms with Crippen LogP contribution in [0.15, 0.2) is 22.9 Å². The first-order valence-electron chi connectivity index (χ1n) is 12.7.